The van der Waals surface area contributed by atoms with Gasteiger partial charge in [0.1, 0.15) is 0 Å². The Labute approximate surface area is 97.5 Å². The molecule has 0 spiro atoms. The predicted molar refractivity (Wildman–Crippen MR) is 67.9 cm³/mol. The van der Waals surface area contributed by atoms with Gasteiger partial charge < -0.3 is 10.2 Å². The first kappa shape index (κ1) is 12.7. The van der Waals surface area contributed by atoms with Crippen molar-refractivity contribution in [2.45, 2.75) is 20.3 Å². The van der Waals surface area contributed by atoms with Gasteiger partial charge in [0.25, 0.3) is 0 Å². The van der Waals surface area contributed by atoms with Crippen molar-refractivity contribution >= 4 is 11.6 Å². The lowest BCUT2D eigenvalue weighted by Gasteiger charge is -2.18. The summed E-state index contributed by atoms with van der Waals surface area (Å²) in [4.78, 5) is 13.5. The van der Waals surface area contributed by atoms with E-state index in [0.717, 1.165) is 5.69 Å². The minimum atomic E-state index is 0.137. The van der Waals surface area contributed by atoms with E-state index in [1.54, 1.807) is 4.90 Å². The average Bonchev–Trinajstić information content (AvgIpc) is 2.28. The topological polar surface area (TPSA) is 32.3 Å². The minimum absolute atomic E-state index is 0.137. The van der Waals surface area contributed by atoms with Crippen molar-refractivity contribution in [3.63, 3.8) is 0 Å². The number of hydrogen-bond donors (Lipinski definition) is 1. The van der Waals surface area contributed by atoms with Gasteiger partial charge in [-0.25, -0.2) is 0 Å². The minimum Gasteiger partial charge on any atom is -0.319 e. The highest BCUT2D eigenvalue weighted by molar-refractivity contribution is 5.93. The Hall–Kier alpha value is -1.35. The Morgan fingerprint density at radius 1 is 1.31 bits per heavy atom. The molecule has 0 atom stereocenters. The van der Waals surface area contributed by atoms with Gasteiger partial charge in [-0.2, -0.15) is 0 Å². The van der Waals surface area contributed by atoms with Crippen LogP contribution in [0.25, 0.3) is 0 Å². The van der Waals surface area contributed by atoms with Crippen LogP contribution in [0.5, 0.6) is 0 Å². The first-order chi connectivity index (χ1) is 7.56. The van der Waals surface area contributed by atoms with Gasteiger partial charge in [-0.15, -0.1) is 0 Å². The third kappa shape index (κ3) is 3.07. The molecule has 0 aliphatic heterocycles. The normalized spacial score (nSPS) is 10.2. The van der Waals surface area contributed by atoms with E-state index in [4.69, 9.17) is 0 Å². The van der Waals surface area contributed by atoms with E-state index in [-0.39, 0.29) is 5.91 Å². The summed E-state index contributed by atoms with van der Waals surface area (Å²) in [6.45, 7) is 4.85. The van der Waals surface area contributed by atoms with E-state index in [0.29, 0.717) is 13.0 Å². The number of aryl methyl sites for hydroxylation is 2. The quantitative estimate of drug-likeness (QED) is 0.840. The van der Waals surface area contributed by atoms with Crippen LogP contribution in [-0.2, 0) is 4.79 Å². The van der Waals surface area contributed by atoms with Crippen LogP contribution in [0.1, 0.15) is 17.5 Å². The molecule has 1 aromatic rings. The molecular formula is C13H20N2O. The van der Waals surface area contributed by atoms with Crippen molar-refractivity contribution in [1.82, 2.24) is 5.32 Å². The average molecular weight is 220 g/mol. The van der Waals surface area contributed by atoms with E-state index in [2.05, 4.69) is 19.2 Å². The Kier molecular flexibility index (Phi) is 4.50. The fraction of sp³-hybridized carbons (Fsp3) is 0.462. The maximum Gasteiger partial charge on any atom is 0.227 e. The number of carbonyl (C=O) groups excluding carboxylic acids is 1. The largest absolute Gasteiger partial charge is 0.319 e. The van der Waals surface area contributed by atoms with Crippen molar-refractivity contribution < 1.29 is 4.79 Å². The van der Waals surface area contributed by atoms with Crippen LogP contribution in [0.4, 0.5) is 5.69 Å². The smallest absolute Gasteiger partial charge is 0.227 e. The standard InChI is InChI=1S/C13H20N2O/c1-10-5-6-12(9-11(10)2)15(4)13(16)7-8-14-3/h5-6,9,14H,7-8H2,1-4H3. The lowest BCUT2D eigenvalue weighted by atomic mass is 10.1. The van der Waals surface area contributed by atoms with Gasteiger partial charge in [0.05, 0.1) is 0 Å². The van der Waals surface area contributed by atoms with Crippen LogP contribution >= 0.6 is 0 Å². The Morgan fingerprint density at radius 3 is 2.56 bits per heavy atom. The first-order valence-electron chi connectivity index (χ1n) is 5.54. The summed E-state index contributed by atoms with van der Waals surface area (Å²) >= 11 is 0. The molecule has 0 radical (unpaired) electrons. The van der Waals surface area contributed by atoms with E-state index < -0.39 is 0 Å². The van der Waals surface area contributed by atoms with Crippen molar-refractivity contribution in [2.24, 2.45) is 0 Å². The number of carbonyl (C=O) groups is 1. The second kappa shape index (κ2) is 5.66. The van der Waals surface area contributed by atoms with Crippen molar-refractivity contribution in [3.05, 3.63) is 29.3 Å². The maximum absolute atomic E-state index is 11.8. The highest BCUT2D eigenvalue weighted by atomic mass is 16.2. The summed E-state index contributed by atoms with van der Waals surface area (Å²) < 4.78 is 0. The zero-order chi connectivity index (χ0) is 12.1. The molecule has 0 heterocycles. The molecule has 0 aromatic heterocycles. The number of nitrogens with one attached hydrogen (secondary N) is 1. The van der Waals surface area contributed by atoms with Crippen LogP contribution < -0.4 is 10.2 Å². The summed E-state index contributed by atoms with van der Waals surface area (Å²) in [5.74, 6) is 0.137. The molecule has 16 heavy (non-hydrogen) atoms. The highest BCUT2D eigenvalue weighted by Gasteiger charge is 2.10. The molecule has 0 aliphatic carbocycles. The highest BCUT2D eigenvalue weighted by Crippen LogP contribution is 2.18. The Balaban J connectivity index is 2.75. The molecule has 0 unspecified atom stereocenters. The van der Waals surface area contributed by atoms with Gasteiger partial charge in [0.2, 0.25) is 5.91 Å². The molecule has 1 N–H and O–H groups in total. The summed E-state index contributed by atoms with van der Waals surface area (Å²) in [5, 5.41) is 2.98. The van der Waals surface area contributed by atoms with Gasteiger partial charge in [0.15, 0.2) is 0 Å². The zero-order valence-electron chi connectivity index (χ0n) is 10.5. The van der Waals surface area contributed by atoms with Crippen LogP contribution in [0.3, 0.4) is 0 Å². The summed E-state index contributed by atoms with van der Waals surface area (Å²) in [6, 6.07) is 6.08. The molecule has 0 saturated heterocycles. The summed E-state index contributed by atoms with van der Waals surface area (Å²) in [5.41, 5.74) is 3.43. The lowest BCUT2D eigenvalue weighted by molar-refractivity contribution is -0.118. The monoisotopic (exact) mass is 220 g/mol. The molecule has 0 fully saturated rings. The molecule has 0 bridgehead atoms. The van der Waals surface area contributed by atoms with Crippen LogP contribution in [-0.4, -0.2) is 26.5 Å². The number of hydrogen-bond acceptors (Lipinski definition) is 2. The number of nitrogens with zero attached hydrogens (tertiary/aromatic N) is 1. The van der Waals surface area contributed by atoms with Crippen molar-refractivity contribution in [1.29, 1.82) is 0 Å². The summed E-state index contributed by atoms with van der Waals surface area (Å²) in [6.07, 6.45) is 0.528. The second-order valence-electron chi connectivity index (χ2n) is 4.07. The molecule has 88 valence electrons. The van der Waals surface area contributed by atoms with E-state index in [9.17, 15) is 4.79 Å². The van der Waals surface area contributed by atoms with E-state index in [1.807, 2.05) is 32.3 Å². The summed E-state index contributed by atoms with van der Waals surface area (Å²) in [7, 11) is 3.67. The van der Waals surface area contributed by atoms with Gasteiger partial charge in [-0.1, -0.05) is 6.07 Å². The SMILES string of the molecule is CNCCC(=O)N(C)c1ccc(C)c(C)c1. The van der Waals surface area contributed by atoms with Crippen molar-refractivity contribution in [3.8, 4) is 0 Å². The number of anilines is 1. The van der Waals surface area contributed by atoms with Crippen LogP contribution in [0.15, 0.2) is 18.2 Å². The van der Waals surface area contributed by atoms with Crippen LogP contribution in [0, 0.1) is 13.8 Å². The van der Waals surface area contributed by atoms with Gasteiger partial charge in [0, 0.05) is 25.7 Å². The Bertz CT molecular complexity index is 374. The lowest BCUT2D eigenvalue weighted by Crippen LogP contribution is -2.28. The zero-order valence-corrected chi connectivity index (χ0v) is 10.5. The molecule has 0 aliphatic rings. The molecule has 0 saturated carbocycles. The fourth-order valence-electron chi connectivity index (χ4n) is 1.48. The maximum atomic E-state index is 11.8. The predicted octanol–water partition coefficient (Wildman–Crippen LogP) is 1.88. The van der Waals surface area contributed by atoms with Gasteiger partial charge in [-0.3, -0.25) is 4.79 Å². The van der Waals surface area contributed by atoms with E-state index >= 15 is 0 Å². The third-order valence-corrected chi connectivity index (χ3v) is 2.84. The van der Waals surface area contributed by atoms with Gasteiger partial charge >= 0.3 is 0 Å². The molecular weight excluding hydrogens is 200 g/mol. The molecule has 1 rings (SSSR count). The Morgan fingerprint density at radius 2 is 2.00 bits per heavy atom. The number of rotatable bonds is 4. The first-order valence-corrected chi connectivity index (χ1v) is 5.54. The number of benzene rings is 1. The molecule has 1 aromatic carbocycles. The van der Waals surface area contributed by atoms with Crippen LogP contribution in [0.2, 0.25) is 0 Å². The fourth-order valence-corrected chi connectivity index (χ4v) is 1.48. The number of amides is 1. The second-order valence-corrected chi connectivity index (χ2v) is 4.07. The molecule has 3 heteroatoms. The van der Waals surface area contributed by atoms with E-state index in [1.165, 1.54) is 11.1 Å². The van der Waals surface area contributed by atoms with Crippen molar-refractivity contribution in [2.75, 3.05) is 25.5 Å². The third-order valence-electron chi connectivity index (χ3n) is 2.84. The molecule has 3 nitrogen and oxygen atoms in total. The van der Waals surface area contributed by atoms with Gasteiger partial charge in [-0.05, 0) is 44.2 Å². The molecule has 1 amide bonds.